The standard InChI is InChI=1S/C24H27Cl2F3N4O5/c1-23(2,38-3)12-32(11-18(34)19-16(25)9-30-10-17(19)26)21(35)15-8-31-33(20(15)24(27,28)29)14-6-4-13(5-7-14)22(36)37/h8-10,13-14H,4-7,11-12H2,1-3H3,(H,36,37)/t13-,14-. The van der Waals surface area contributed by atoms with Crippen LogP contribution in [0.3, 0.4) is 0 Å². The van der Waals surface area contributed by atoms with Crippen molar-refractivity contribution in [2.75, 3.05) is 20.2 Å². The van der Waals surface area contributed by atoms with Crippen LogP contribution in [0, 0.1) is 5.92 Å². The van der Waals surface area contributed by atoms with Crippen LogP contribution in [0.2, 0.25) is 10.0 Å². The summed E-state index contributed by atoms with van der Waals surface area (Å²) in [6, 6.07) is -0.733. The van der Waals surface area contributed by atoms with Crippen LogP contribution < -0.4 is 0 Å². The molecule has 0 aromatic carbocycles. The number of aliphatic carboxylic acids is 1. The van der Waals surface area contributed by atoms with Crippen LogP contribution in [0.4, 0.5) is 13.2 Å². The van der Waals surface area contributed by atoms with Gasteiger partial charge in [0.25, 0.3) is 5.91 Å². The highest BCUT2D eigenvalue weighted by Gasteiger charge is 2.44. The number of carboxylic acids is 1. The van der Waals surface area contributed by atoms with E-state index in [4.69, 9.17) is 27.9 Å². The van der Waals surface area contributed by atoms with Crippen LogP contribution in [0.25, 0.3) is 0 Å². The molecule has 0 saturated heterocycles. The Morgan fingerprint density at radius 3 is 2.18 bits per heavy atom. The maximum Gasteiger partial charge on any atom is 0.433 e. The highest BCUT2D eigenvalue weighted by Crippen LogP contribution is 2.39. The number of hydrogen-bond acceptors (Lipinski definition) is 6. The monoisotopic (exact) mass is 578 g/mol. The SMILES string of the molecule is COC(C)(C)CN(CC(=O)c1c(Cl)cncc1Cl)C(=O)c1cnn([C@H]2CC[C@H](C(=O)O)CC2)c1C(F)(F)F. The lowest BCUT2D eigenvalue weighted by Crippen LogP contribution is -2.46. The van der Waals surface area contributed by atoms with Gasteiger partial charge in [-0.2, -0.15) is 18.3 Å². The van der Waals surface area contributed by atoms with Crippen LogP contribution >= 0.6 is 23.2 Å². The van der Waals surface area contributed by atoms with E-state index in [1.165, 1.54) is 19.5 Å². The van der Waals surface area contributed by atoms with E-state index in [1.807, 2.05) is 0 Å². The molecule has 1 aliphatic rings. The summed E-state index contributed by atoms with van der Waals surface area (Å²) in [5, 5.41) is 13.0. The summed E-state index contributed by atoms with van der Waals surface area (Å²) in [4.78, 5) is 42.7. The van der Waals surface area contributed by atoms with E-state index < -0.39 is 59.2 Å². The van der Waals surface area contributed by atoms with Gasteiger partial charge in [0, 0.05) is 26.0 Å². The predicted octanol–water partition coefficient (Wildman–Crippen LogP) is 5.17. The first-order chi connectivity index (χ1) is 17.7. The molecule has 0 atom stereocenters. The van der Waals surface area contributed by atoms with Gasteiger partial charge in [-0.25, -0.2) is 0 Å². The quantitative estimate of drug-likeness (QED) is 0.408. The van der Waals surface area contributed by atoms with Crippen molar-refractivity contribution >= 4 is 40.9 Å². The Hall–Kier alpha value is -2.70. The summed E-state index contributed by atoms with van der Waals surface area (Å²) in [7, 11) is 1.37. The molecule has 1 N–H and O–H groups in total. The Morgan fingerprint density at radius 2 is 1.68 bits per heavy atom. The lowest BCUT2D eigenvalue weighted by molar-refractivity contribution is -0.147. The number of aromatic nitrogens is 3. The second-order valence-electron chi connectivity index (χ2n) is 9.72. The third-order valence-corrected chi connectivity index (χ3v) is 7.14. The van der Waals surface area contributed by atoms with E-state index in [0.717, 1.165) is 15.8 Å². The zero-order valence-corrected chi connectivity index (χ0v) is 22.4. The Labute approximate surface area is 226 Å². The molecule has 14 heteroatoms. The number of carboxylic acid groups (broad SMARTS) is 1. The molecular weight excluding hydrogens is 552 g/mol. The number of rotatable bonds is 9. The minimum absolute atomic E-state index is 0.0679. The molecule has 0 spiro atoms. The van der Waals surface area contributed by atoms with Crippen molar-refractivity contribution in [3.05, 3.63) is 45.5 Å². The highest BCUT2D eigenvalue weighted by molar-refractivity contribution is 6.39. The van der Waals surface area contributed by atoms with Crippen molar-refractivity contribution in [1.29, 1.82) is 0 Å². The topological polar surface area (TPSA) is 115 Å². The first kappa shape index (κ1) is 29.9. The number of amides is 1. The van der Waals surface area contributed by atoms with E-state index in [0.29, 0.717) is 0 Å². The lowest BCUT2D eigenvalue weighted by Gasteiger charge is -2.32. The Balaban J connectivity index is 1.99. The van der Waals surface area contributed by atoms with Crippen molar-refractivity contribution in [1.82, 2.24) is 19.7 Å². The molecule has 2 heterocycles. The van der Waals surface area contributed by atoms with Crippen molar-refractivity contribution < 1.29 is 37.4 Å². The second kappa shape index (κ2) is 11.6. The number of alkyl halides is 3. The van der Waals surface area contributed by atoms with Gasteiger partial charge in [-0.15, -0.1) is 0 Å². The molecule has 1 amide bonds. The number of carbonyl (C=O) groups excluding carboxylic acids is 2. The van der Waals surface area contributed by atoms with Crippen molar-refractivity contribution in [2.24, 2.45) is 5.92 Å². The van der Waals surface area contributed by atoms with Crippen LogP contribution in [-0.4, -0.2) is 68.2 Å². The number of carbonyl (C=O) groups is 3. The predicted molar refractivity (Wildman–Crippen MR) is 131 cm³/mol. The fourth-order valence-corrected chi connectivity index (χ4v) is 5.05. The smallest absolute Gasteiger partial charge is 0.433 e. The lowest BCUT2D eigenvalue weighted by atomic mass is 9.86. The van der Waals surface area contributed by atoms with E-state index in [9.17, 15) is 32.7 Å². The van der Waals surface area contributed by atoms with Gasteiger partial charge in [0.15, 0.2) is 11.5 Å². The van der Waals surface area contributed by atoms with E-state index in [2.05, 4.69) is 10.1 Å². The fraction of sp³-hybridized carbons (Fsp3) is 0.542. The Kier molecular flexibility index (Phi) is 9.10. The largest absolute Gasteiger partial charge is 0.481 e. The molecule has 38 heavy (non-hydrogen) atoms. The molecule has 0 bridgehead atoms. The summed E-state index contributed by atoms with van der Waals surface area (Å²) in [5.41, 5.74) is -3.12. The first-order valence-electron chi connectivity index (χ1n) is 11.7. The molecule has 2 aromatic heterocycles. The molecule has 1 saturated carbocycles. The van der Waals surface area contributed by atoms with Gasteiger partial charge in [-0.3, -0.25) is 24.0 Å². The van der Waals surface area contributed by atoms with Crippen LogP contribution in [0.5, 0.6) is 0 Å². The molecule has 3 rings (SSSR count). The van der Waals surface area contributed by atoms with Crippen LogP contribution in [0.15, 0.2) is 18.6 Å². The molecular formula is C24H27Cl2F3N4O5. The average molecular weight is 579 g/mol. The molecule has 1 aliphatic carbocycles. The second-order valence-corrected chi connectivity index (χ2v) is 10.5. The number of Topliss-reactive ketones (excluding diaryl/α,β-unsaturated/α-hetero) is 1. The van der Waals surface area contributed by atoms with Gasteiger partial charge in [0.2, 0.25) is 0 Å². The van der Waals surface area contributed by atoms with Gasteiger partial charge in [-0.05, 0) is 39.5 Å². The molecule has 1 fully saturated rings. The number of ether oxygens (including phenoxy) is 1. The molecule has 0 radical (unpaired) electrons. The van der Waals surface area contributed by atoms with Crippen molar-refractivity contribution in [2.45, 2.75) is 57.3 Å². The summed E-state index contributed by atoms with van der Waals surface area (Å²) in [6.45, 7) is 2.35. The molecule has 208 valence electrons. The highest BCUT2D eigenvalue weighted by atomic mass is 35.5. The Bertz CT molecular complexity index is 1190. The molecule has 0 unspecified atom stereocenters. The van der Waals surface area contributed by atoms with Gasteiger partial charge in [0.1, 0.15) is 0 Å². The summed E-state index contributed by atoms with van der Waals surface area (Å²) >= 11 is 12.1. The third kappa shape index (κ3) is 6.65. The number of ketones is 1. The first-order valence-corrected chi connectivity index (χ1v) is 12.5. The van der Waals surface area contributed by atoms with Crippen molar-refractivity contribution in [3.63, 3.8) is 0 Å². The third-order valence-electron chi connectivity index (χ3n) is 6.56. The van der Waals surface area contributed by atoms with E-state index in [-0.39, 0.29) is 47.8 Å². The number of halogens is 5. The van der Waals surface area contributed by atoms with Crippen LogP contribution in [-0.2, 0) is 15.7 Å². The minimum atomic E-state index is -4.95. The Morgan fingerprint density at radius 1 is 1.11 bits per heavy atom. The summed E-state index contributed by atoms with van der Waals surface area (Å²) in [6.07, 6.45) is -1.03. The zero-order valence-electron chi connectivity index (χ0n) is 20.9. The number of pyridine rings is 1. The van der Waals surface area contributed by atoms with E-state index >= 15 is 0 Å². The summed E-state index contributed by atoms with van der Waals surface area (Å²) in [5.74, 6) is -3.41. The van der Waals surface area contributed by atoms with Crippen LogP contribution in [0.1, 0.15) is 72.0 Å². The van der Waals surface area contributed by atoms with Gasteiger partial charge < -0.3 is 14.7 Å². The van der Waals surface area contributed by atoms with Gasteiger partial charge >= 0.3 is 12.1 Å². The van der Waals surface area contributed by atoms with Gasteiger partial charge in [-0.1, -0.05) is 23.2 Å². The number of hydrogen-bond donors (Lipinski definition) is 1. The molecule has 0 aliphatic heterocycles. The maximum atomic E-state index is 14.3. The minimum Gasteiger partial charge on any atom is -0.481 e. The average Bonchev–Trinajstić information content (AvgIpc) is 3.29. The molecule has 9 nitrogen and oxygen atoms in total. The number of methoxy groups -OCH3 is 1. The molecule has 2 aromatic rings. The number of nitrogens with zero attached hydrogens (tertiary/aromatic N) is 4. The fourth-order valence-electron chi connectivity index (χ4n) is 4.47. The zero-order chi connectivity index (χ0) is 28.4. The normalized spacial score (nSPS) is 18.3. The van der Waals surface area contributed by atoms with Crippen molar-refractivity contribution in [3.8, 4) is 0 Å². The summed E-state index contributed by atoms with van der Waals surface area (Å²) < 4.78 is 49.0. The van der Waals surface area contributed by atoms with E-state index in [1.54, 1.807) is 13.8 Å². The maximum absolute atomic E-state index is 14.3. The van der Waals surface area contributed by atoms with Gasteiger partial charge in [0.05, 0.1) is 51.5 Å².